The van der Waals surface area contributed by atoms with E-state index in [4.69, 9.17) is 9.84 Å². The lowest BCUT2D eigenvalue weighted by Crippen LogP contribution is -2.19. The van der Waals surface area contributed by atoms with Crippen LogP contribution in [0.25, 0.3) is 0 Å². The number of carbonyl (C=O) groups is 1. The van der Waals surface area contributed by atoms with Crippen molar-refractivity contribution in [3.05, 3.63) is 82.9 Å². The van der Waals surface area contributed by atoms with E-state index in [1.54, 1.807) is 55.1 Å². The van der Waals surface area contributed by atoms with Gasteiger partial charge in [0.15, 0.2) is 0 Å². The second kappa shape index (κ2) is 9.32. The molecule has 1 heterocycles. The maximum atomic E-state index is 14.6. The predicted octanol–water partition coefficient (Wildman–Crippen LogP) is 2.73. The Bertz CT molecular complexity index is 1190. The van der Waals surface area contributed by atoms with E-state index in [2.05, 4.69) is 4.72 Å². The summed E-state index contributed by atoms with van der Waals surface area (Å²) in [6, 6.07) is 14.3. The molecule has 0 unspecified atom stereocenters. The molecule has 0 aliphatic carbocycles. The average molecular weight is 447 g/mol. The van der Waals surface area contributed by atoms with Gasteiger partial charge in [0.05, 0.1) is 30.9 Å². The van der Waals surface area contributed by atoms with Crippen molar-refractivity contribution in [1.29, 1.82) is 0 Å². The number of aliphatic hydroxyl groups excluding tert-OH is 1. The van der Waals surface area contributed by atoms with Crippen LogP contribution in [0, 0.1) is 5.82 Å². The van der Waals surface area contributed by atoms with E-state index in [-0.39, 0.29) is 17.9 Å². The molecule has 2 N–H and O–H groups in total. The number of anilines is 1. The van der Waals surface area contributed by atoms with Crippen molar-refractivity contribution < 1.29 is 27.4 Å². The Morgan fingerprint density at radius 3 is 2.45 bits per heavy atom. The molecule has 1 aromatic heterocycles. The third-order valence-electron chi connectivity index (χ3n) is 4.87. The molecule has 3 aromatic rings. The summed E-state index contributed by atoms with van der Waals surface area (Å²) in [5.41, 5.74) is 2.14. The number of nitrogens with zero attached hydrogens (tertiary/aromatic N) is 1. The Morgan fingerprint density at radius 2 is 1.84 bits per heavy atom. The van der Waals surface area contributed by atoms with Gasteiger partial charge in [0.25, 0.3) is 0 Å². The fourth-order valence-electron chi connectivity index (χ4n) is 3.15. The number of sulfonamides is 1. The van der Waals surface area contributed by atoms with Crippen molar-refractivity contribution in [2.75, 3.05) is 24.2 Å². The van der Waals surface area contributed by atoms with Crippen molar-refractivity contribution in [3.63, 3.8) is 0 Å². The maximum Gasteiger partial charge on any atom is 0.234 e. The molecule has 9 heteroatoms. The quantitative estimate of drug-likeness (QED) is 0.493. The third-order valence-corrected chi connectivity index (χ3v) is 6.14. The first-order chi connectivity index (χ1) is 14.7. The van der Waals surface area contributed by atoms with Gasteiger partial charge in [-0.2, -0.15) is 0 Å². The molecule has 31 heavy (non-hydrogen) atoms. The van der Waals surface area contributed by atoms with Gasteiger partial charge in [0, 0.05) is 24.7 Å². The summed E-state index contributed by atoms with van der Waals surface area (Å²) in [6.45, 7) is -0.527. The van der Waals surface area contributed by atoms with Crippen LogP contribution in [-0.2, 0) is 23.5 Å². The molecule has 0 aliphatic heterocycles. The average Bonchev–Trinajstić information content (AvgIpc) is 3.09. The minimum absolute atomic E-state index is 0.0805. The molecule has 3 rings (SSSR count). The van der Waals surface area contributed by atoms with Crippen molar-refractivity contribution in [3.8, 4) is 5.75 Å². The summed E-state index contributed by atoms with van der Waals surface area (Å²) in [5, 5.41) is 8.78. The lowest BCUT2D eigenvalue weighted by atomic mass is 10.1. The summed E-state index contributed by atoms with van der Waals surface area (Å²) in [6.07, 6.45) is 0.224. The highest BCUT2D eigenvalue weighted by Crippen LogP contribution is 2.21. The summed E-state index contributed by atoms with van der Waals surface area (Å²) in [7, 11) is -0.444. The molecule has 0 saturated heterocycles. The van der Waals surface area contributed by atoms with Crippen LogP contribution >= 0.6 is 0 Å². The van der Waals surface area contributed by atoms with Crippen molar-refractivity contribution >= 4 is 21.5 Å². The minimum Gasteiger partial charge on any atom is -0.497 e. The van der Waals surface area contributed by atoms with Gasteiger partial charge in [-0.3, -0.25) is 9.52 Å². The van der Waals surface area contributed by atoms with Crippen molar-refractivity contribution in [1.82, 2.24) is 4.57 Å². The highest BCUT2D eigenvalue weighted by Gasteiger charge is 2.17. The largest absolute Gasteiger partial charge is 0.497 e. The first-order valence-corrected chi connectivity index (χ1v) is 11.1. The summed E-state index contributed by atoms with van der Waals surface area (Å²) in [4.78, 5) is 12.8. The molecule has 2 aromatic carbocycles. The standard InChI is InChI=1S/C22H23FN2O5S/c1-25-18(7-10-21(25)22(27)15-4-8-19(30-2)9-5-15)13-16-3-6-17(14-20(16)23)24-31(28,29)12-11-26/h3-10,14,24,26H,11-13H2,1-2H3. The number of methoxy groups -OCH3 is 1. The van der Waals surface area contributed by atoms with Crippen LogP contribution in [0.2, 0.25) is 0 Å². The minimum atomic E-state index is -3.73. The van der Waals surface area contributed by atoms with E-state index in [1.807, 2.05) is 0 Å². The third kappa shape index (κ3) is 5.31. The van der Waals surface area contributed by atoms with E-state index in [9.17, 15) is 17.6 Å². The maximum absolute atomic E-state index is 14.6. The Morgan fingerprint density at radius 1 is 1.13 bits per heavy atom. The van der Waals surface area contributed by atoms with Crippen LogP contribution in [0.5, 0.6) is 5.75 Å². The number of benzene rings is 2. The lowest BCUT2D eigenvalue weighted by molar-refractivity contribution is 0.103. The van der Waals surface area contributed by atoms with Gasteiger partial charge >= 0.3 is 0 Å². The molecular weight excluding hydrogens is 423 g/mol. The molecular formula is C22H23FN2O5S. The van der Waals surface area contributed by atoms with E-state index in [0.717, 1.165) is 11.8 Å². The molecule has 0 bridgehead atoms. The van der Waals surface area contributed by atoms with Gasteiger partial charge < -0.3 is 14.4 Å². The molecule has 0 fully saturated rings. The predicted molar refractivity (Wildman–Crippen MR) is 116 cm³/mol. The van der Waals surface area contributed by atoms with Crippen LogP contribution in [-0.4, -0.2) is 43.3 Å². The SMILES string of the molecule is COc1ccc(C(=O)c2ccc(Cc3ccc(NS(=O)(=O)CCO)cc3F)n2C)cc1. The number of halogens is 1. The number of carbonyl (C=O) groups excluding carboxylic acids is 1. The molecule has 164 valence electrons. The second-order valence-electron chi connectivity index (χ2n) is 6.95. The van der Waals surface area contributed by atoms with Gasteiger partial charge in [-0.15, -0.1) is 0 Å². The number of hydrogen-bond acceptors (Lipinski definition) is 5. The zero-order valence-electron chi connectivity index (χ0n) is 17.1. The summed E-state index contributed by atoms with van der Waals surface area (Å²) in [5.74, 6) is -0.550. The molecule has 0 spiro atoms. The lowest BCUT2D eigenvalue weighted by Gasteiger charge is -2.11. The van der Waals surface area contributed by atoms with Crippen LogP contribution in [0.15, 0.2) is 54.6 Å². The molecule has 0 amide bonds. The second-order valence-corrected chi connectivity index (χ2v) is 8.80. The zero-order chi connectivity index (χ0) is 22.6. The van der Waals surface area contributed by atoms with Gasteiger partial charge in [0.1, 0.15) is 11.6 Å². The highest BCUT2D eigenvalue weighted by atomic mass is 32.2. The Kier molecular flexibility index (Phi) is 6.77. The van der Waals surface area contributed by atoms with Crippen LogP contribution in [0.3, 0.4) is 0 Å². The number of aromatic nitrogens is 1. The van der Waals surface area contributed by atoms with Crippen molar-refractivity contribution in [2.45, 2.75) is 6.42 Å². The van der Waals surface area contributed by atoms with E-state index >= 15 is 0 Å². The van der Waals surface area contributed by atoms with Gasteiger partial charge in [-0.05, 0) is 54.1 Å². The molecule has 7 nitrogen and oxygen atoms in total. The first kappa shape index (κ1) is 22.5. The van der Waals surface area contributed by atoms with Gasteiger partial charge in [-0.25, -0.2) is 12.8 Å². The number of nitrogens with one attached hydrogen (secondary N) is 1. The number of ketones is 1. The van der Waals surface area contributed by atoms with E-state index < -0.39 is 28.2 Å². The summed E-state index contributed by atoms with van der Waals surface area (Å²) < 4.78 is 47.0. The normalized spacial score (nSPS) is 11.4. The molecule has 0 saturated carbocycles. The first-order valence-electron chi connectivity index (χ1n) is 9.47. The van der Waals surface area contributed by atoms with Crippen LogP contribution in [0.1, 0.15) is 27.3 Å². The van der Waals surface area contributed by atoms with Crippen LogP contribution < -0.4 is 9.46 Å². The smallest absolute Gasteiger partial charge is 0.234 e. The van der Waals surface area contributed by atoms with Crippen molar-refractivity contribution in [2.24, 2.45) is 7.05 Å². The fourth-order valence-corrected chi connectivity index (χ4v) is 3.98. The molecule has 0 atom stereocenters. The number of rotatable bonds is 9. The fraction of sp³-hybridized carbons (Fsp3) is 0.227. The summed E-state index contributed by atoms with van der Waals surface area (Å²) >= 11 is 0. The van der Waals surface area contributed by atoms with E-state index in [0.29, 0.717) is 22.6 Å². The van der Waals surface area contributed by atoms with Gasteiger partial charge in [0.2, 0.25) is 15.8 Å². The highest BCUT2D eigenvalue weighted by molar-refractivity contribution is 7.92. The zero-order valence-corrected chi connectivity index (χ0v) is 17.9. The number of ether oxygens (including phenoxy) is 1. The topological polar surface area (TPSA) is 97.6 Å². The van der Waals surface area contributed by atoms with Crippen LogP contribution in [0.4, 0.5) is 10.1 Å². The molecule has 0 aliphatic rings. The van der Waals surface area contributed by atoms with E-state index in [1.165, 1.54) is 12.1 Å². The molecule has 0 radical (unpaired) electrons. The van der Waals surface area contributed by atoms with Gasteiger partial charge in [-0.1, -0.05) is 6.07 Å². The monoisotopic (exact) mass is 446 g/mol. The Labute approximate surface area is 180 Å². The Hall–Kier alpha value is -3.17. The Balaban J connectivity index is 1.78. The number of aliphatic hydroxyl groups is 1. The number of hydrogen-bond donors (Lipinski definition) is 2.